The van der Waals surface area contributed by atoms with Crippen molar-refractivity contribution in [2.24, 2.45) is 0 Å². The van der Waals surface area contributed by atoms with Crippen molar-refractivity contribution < 1.29 is 16.8 Å². The van der Waals surface area contributed by atoms with Gasteiger partial charge in [-0.3, -0.25) is 0 Å². The van der Waals surface area contributed by atoms with Gasteiger partial charge in [-0.1, -0.05) is 154 Å². The molecule has 0 saturated heterocycles. The van der Waals surface area contributed by atoms with Gasteiger partial charge in [-0.25, -0.2) is 0 Å². The fourth-order valence-electron chi connectivity index (χ4n) is 5.39. The topological polar surface area (TPSA) is 52.6 Å². The van der Waals surface area contributed by atoms with Crippen LogP contribution in [0.4, 0.5) is 0 Å². The quantitative estimate of drug-likeness (QED) is 0.0770. The summed E-state index contributed by atoms with van der Waals surface area (Å²) in [5.74, 6) is 0.604. The molecule has 0 fully saturated rings. The Morgan fingerprint density at radius 3 is 1.12 bits per heavy atom. The summed E-state index contributed by atoms with van der Waals surface area (Å²) in [5, 5.41) is 0. The maximum atomic E-state index is 12.6. The number of rotatable bonds is 26. The molecule has 42 heavy (non-hydrogen) atoms. The average molecular weight is 627 g/mol. The molecular formula is C36H59KO4S. The molecule has 0 atom stereocenters. The van der Waals surface area contributed by atoms with Crippen LogP contribution >= 0.6 is 0 Å². The Balaban J connectivity index is 0.00000882. The summed E-state index contributed by atoms with van der Waals surface area (Å²) >= 11 is 0. The molecule has 0 radical (unpaired) electrons. The van der Waals surface area contributed by atoms with Crippen LogP contribution in [0.15, 0.2) is 48.5 Å². The van der Waals surface area contributed by atoms with Gasteiger partial charge in [0, 0.05) is 0 Å². The first kappa shape index (κ1) is 39.7. The minimum atomic E-state index is -4.21. The summed E-state index contributed by atoms with van der Waals surface area (Å²) in [7, 11) is -4.21. The molecule has 0 saturated carbocycles. The third-order valence-electron chi connectivity index (χ3n) is 7.83. The summed E-state index contributed by atoms with van der Waals surface area (Å²) in [6, 6.07) is 14.7. The van der Waals surface area contributed by atoms with E-state index >= 15 is 0 Å². The van der Waals surface area contributed by atoms with Crippen LogP contribution in [0.2, 0.25) is 0 Å². The van der Waals surface area contributed by atoms with E-state index in [2.05, 4.69) is 13.8 Å². The first-order chi connectivity index (χ1) is 20.0. The van der Waals surface area contributed by atoms with Crippen molar-refractivity contribution in [3.8, 4) is 11.5 Å². The van der Waals surface area contributed by atoms with Gasteiger partial charge in [0.2, 0.25) is 0 Å². The second-order valence-electron chi connectivity index (χ2n) is 11.7. The van der Waals surface area contributed by atoms with Crippen LogP contribution in [0, 0.1) is 0 Å². The molecule has 2 aromatic rings. The monoisotopic (exact) mass is 626 g/mol. The van der Waals surface area contributed by atoms with E-state index in [1.807, 2.05) is 36.4 Å². The molecule has 6 heteroatoms. The number of hydrogen-bond acceptors (Lipinski definition) is 4. The van der Waals surface area contributed by atoms with Gasteiger partial charge >= 0.3 is 61.8 Å². The molecule has 0 heterocycles. The van der Waals surface area contributed by atoms with Crippen molar-refractivity contribution >= 4 is 61.8 Å². The van der Waals surface area contributed by atoms with E-state index in [0.717, 1.165) is 36.8 Å². The van der Waals surface area contributed by atoms with E-state index < -0.39 is 10.4 Å². The SMILES string of the molecule is CCCCCCCCCCCCc1cccc(OS(=O)(=O)Oc2cccc(CCCCCCCCCCCC)c2)c1.[KH]. The third kappa shape index (κ3) is 20.6. The summed E-state index contributed by atoms with van der Waals surface area (Å²) in [6.45, 7) is 4.52. The van der Waals surface area contributed by atoms with Crippen LogP contribution in [0.25, 0.3) is 0 Å². The second kappa shape index (κ2) is 25.9. The van der Waals surface area contributed by atoms with Crippen molar-refractivity contribution in [2.75, 3.05) is 0 Å². The molecule has 0 bridgehead atoms. The van der Waals surface area contributed by atoms with E-state index in [4.69, 9.17) is 8.37 Å². The predicted octanol–water partition coefficient (Wildman–Crippen LogP) is 10.7. The van der Waals surface area contributed by atoms with Crippen molar-refractivity contribution in [2.45, 2.75) is 155 Å². The van der Waals surface area contributed by atoms with Crippen LogP contribution < -0.4 is 8.37 Å². The molecule has 2 rings (SSSR count). The van der Waals surface area contributed by atoms with E-state index in [1.165, 1.54) is 116 Å². The summed E-state index contributed by atoms with van der Waals surface area (Å²) in [6.07, 6.45) is 27.9. The fraction of sp³-hybridized carbons (Fsp3) is 0.667. The average Bonchev–Trinajstić information content (AvgIpc) is 2.95. The van der Waals surface area contributed by atoms with Crippen LogP contribution in [-0.2, 0) is 23.2 Å². The second-order valence-corrected chi connectivity index (χ2v) is 12.9. The Bertz CT molecular complexity index is 949. The number of unbranched alkanes of at least 4 members (excludes halogenated alkanes) is 18. The van der Waals surface area contributed by atoms with E-state index in [0.29, 0.717) is 11.5 Å². The van der Waals surface area contributed by atoms with Gasteiger partial charge in [0.1, 0.15) is 11.5 Å². The summed E-state index contributed by atoms with van der Waals surface area (Å²) < 4.78 is 35.9. The van der Waals surface area contributed by atoms with Crippen LogP contribution in [0.3, 0.4) is 0 Å². The molecule has 0 aliphatic heterocycles. The molecule has 0 unspecified atom stereocenters. The molecule has 0 aliphatic rings. The Morgan fingerprint density at radius 1 is 0.476 bits per heavy atom. The molecule has 0 aromatic heterocycles. The predicted molar refractivity (Wildman–Crippen MR) is 181 cm³/mol. The first-order valence-electron chi connectivity index (χ1n) is 16.8. The van der Waals surface area contributed by atoms with Crippen molar-refractivity contribution in [1.82, 2.24) is 0 Å². The number of hydrogen-bond donors (Lipinski definition) is 0. The Morgan fingerprint density at radius 2 is 0.786 bits per heavy atom. The van der Waals surface area contributed by atoms with Gasteiger partial charge in [0.15, 0.2) is 0 Å². The van der Waals surface area contributed by atoms with Crippen molar-refractivity contribution in [3.63, 3.8) is 0 Å². The van der Waals surface area contributed by atoms with E-state index in [9.17, 15) is 8.42 Å². The molecule has 234 valence electrons. The van der Waals surface area contributed by atoms with Gasteiger partial charge in [-0.15, -0.1) is 8.42 Å². The third-order valence-corrected chi connectivity index (χ3v) is 8.62. The normalized spacial score (nSPS) is 11.3. The van der Waals surface area contributed by atoms with Crippen LogP contribution in [0.5, 0.6) is 11.5 Å². The van der Waals surface area contributed by atoms with Crippen LogP contribution in [-0.4, -0.2) is 59.8 Å². The molecule has 0 N–H and O–H groups in total. The van der Waals surface area contributed by atoms with E-state index in [-0.39, 0.29) is 51.4 Å². The number of benzene rings is 2. The molecule has 0 aliphatic carbocycles. The zero-order valence-corrected chi connectivity index (χ0v) is 27.0. The maximum absolute atomic E-state index is 12.6. The fourth-order valence-corrected chi connectivity index (χ4v) is 6.10. The summed E-state index contributed by atoms with van der Waals surface area (Å²) in [4.78, 5) is 0. The standard InChI is InChI=1S/C36H58O4S.K.H/c1-3-5-7-9-11-13-15-17-19-21-25-33-27-23-29-35(31-33)39-41(37,38)40-36-30-24-28-34(32-36)26-22-20-18-16-14-12-10-8-6-4-2;;/h23-24,27-32H,3-22,25-26H2,1-2H3;;. The van der Waals surface area contributed by atoms with Crippen molar-refractivity contribution in [3.05, 3.63) is 59.7 Å². The van der Waals surface area contributed by atoms with Gasteiger partial charge in [-0.2, -0.15) is 0 Å². The van der Waals surface area contributed by atoms with E-state index in [1.54, 1.807) is 12.1 Å². The Hall–Kier alpha value is -0.374. The van der Waals surface area contributed by atoms with Crippen molar-refractivity contribution in [1.29, 1.82) is 0 Å². The molecule has 2 aromatic carbocycles. The first-order valence-corrected chi connectivity index (χ1v) is 18.2. The minimum absolute atomic E-state index is 0. The van der Waals surface area contributed by atoms with Crippen LogP contribution in [0.1, 0.15) is 153 Å². The van der Waals surface area contributed by atoms with Gasteiger partial charge in [0.05, 0.1) is 0 Å². The molecule has 4 nitrogen and oxygen atoms in total. The number of aryl methyl sites for hydroxylation is 2. The van der Waals surface area contributed by atoms with Gasteiger partial charge < -0.3 is 8.37 Å². The Kier molecular flexibility index (Phi) is 24.5. The molecular weight excluding hydrogens is 568 g/mol. The zero-order valence-electron chi connectivity index (χ0n) is 26.2. The van der Waals surface area contributed by atoms with Gasteiger partial charge in [-0.05, 0) is 61.1 Å². The molecule has 0 amide bonds. The van der Waals surface area contributed by atoms with Gasteiger partial charge in [0.25, 0.3) is 0 Å². The Labute approximate surface area is 301 Å². The summed E-state index contributed by atoms with van der Waals surface area (Å²) in [5.41, 5.74) is 2.19. The zero-order chi connectivity index (χ0) is 29.4. The molecule has 0 spiro atoms.